The number of allylic oxidation sites excluding steroid dienone is 8. The third-order valence-electron chi connectivity index (χ3n) is 6.09. The molecule has 0 heterocycles. The molecule has 1 radical (unpaired) electrons. The van der Waals surface area contributed by atoms with Crippen LogP contribution < -0.4 is 0 Å². The molecule has 0 saturated heterocycles. The summed E-state index contributed by atoms with van der Waals surface area (Å²) < 4.78 is 0. The van der Waals surface area contributed by atoms with Gasteiger partial charge in [0.05, 0.1) is 0 Å². The van der Waals surface area contributed by atoms with Crippen molar-refractivity contribution >= 4 is 0 Å². The summed E-state index contributed by atoms with van der Waals surface area (Å²) in [5, 5.41) is 0. The fourth-order valence-electron chi connectivity index (χ4n) is 4.08. The van der Waals surface area contributed by atoms with Gasteiger partial charge in [0, 0.05) is 5.92 Å². The number of hydrogen-bond acceptors (Lipinski definition) is 0. The highest BCUT2D eigenvalue weighted by Crippen LogP contribution is 2.49. The number of hydrogen-bond donors (Lipinski definition) is 0. The van der Waals surface area contributed by atoms with Gasteiger partial charge in [0.15, 0.2) is 0 Å². The third kappa shape index (κ3) is 1.96. The second-order valence-corrected chi connectivity index (χ2v) is 6.76. The second kappa shape index (κ2) is 5.06. The fraction of sp³-hybridized carbons (Fsp3) is 0.550. The molecule has 0 heteroatoms. The van der Waals surface area contributed by atoms with Crippen LogP contribution in [-0.4, -0.2) is 0 Å². The van der Waals surface area contributed by atoms with Crippen molar-refractivity contribution in [1.29, 1.82) is 0 Å². The van der Waals surface area contributed by atoms with Crippen LogP contribution in [0.1, 0.15) is 62.3 Å². The zero-order valence-corrected chi connectivity index (χ0v) is 14.7. The molecule has 0 fully saturated rings. The molecule has 2 atom stereocenters. The first-order chi connectivity index (χ1) is 9.20. The molecule has 2 aliphatic rings. The summed E-state index contributed by atoms with van der Waals surface area (Å²) in [7, 11) is 0. The van der Waals surface area contributed by atoms with Gasteiger partial charge in [-0.3, -0.25) is 0 Å². The lowest BCUT2D eigenvalue weighted by molar-refractivity contribution is 0.743. The van der Waals surface area contributed by atoms with Gasteiger partial charge in [-0.1, -0.05) is 31.9 Å². The Hall–Kier alpha value is -1.04. The molecule has 0 aliphatic heterocycles. The standard InChI is InChI=1S/C20H29/c1-10-11(2)15(6)19(14(10)5)18(9)20-16(7)12(3)13(4)17(20)8/h14,16H,1-9H3. The van der Waals surface area contributed by atoms with Crippen molar-refractivity contribution in [3.63, 3.8) is 0 Å². The van der Waals surface area contributed by atoms with E-state index in [9.17, 15) is 0 Å². The van der Waals surface area contributed by atoms with Crippen LogP contribution in [0.5, 0.6) is 0 Å². The number of rotatable bonds is 2. The van der Waals surface area contributed by atoms with Gasteiger partial charge < -0.3 is 0 Å². The highest BCUT2D eigenvalue weighted by molar-refractivity contribution is 5.62. The van der Waals surface area contributed by atoms with E-state index in [1.54, 1.807) is 22.3 Å². The van der Waals surface area contributed by atoms with E-state index >= 15 is 0 Å². The van der Waals surface area contributed by atoms with Crippen molar-refractivity contribution in [2.45, 2.75) is 62.3 Å². The maximum absolute atomic E-state index is 2.36. The Morgan fingerprint density at radius 3 is 1.10 bits per heavy atom. The van der Waals surface area contributed by atoms with E-state index in [0.29, 0.717) is 11.8 Å². The molecule has 0 aromatic heterocycles. The summed E-state index contributed by atoms with van der Waals surface area (Å²) in [4.78, 5) is 0. The molecular formula is C20H29. The Balaban J connectivity index is 2.44. The minimum absolute atomic E-state index is 0.573. The van der Waals surface area contributed by atoms with Gasteiger partial charge in [-0.15, -0.1) is 0 Å². The Bertz CT molecular complexity index is 523. The van der Waals surface area contributed by atoms with E-state index in [2.05, 4.69) is 62.3 Å². The molecule has 0 N–H and O–H groups in total. The molecule has 0 aromatic carbocycles. The van der Waals surface area contributed by atoms with Crippen LogP contribution in [0.4, 0.5) is 0 Å². The Morgan fingerprint density at radius 1 is 0.600 bits per heavy atom. The van der Waals surface area contributed by atoms with Gasteiger partial charge in [0.2, 0.25) is 0 Å². The Morgan fingerprint density at radius 2 is 0.900 bits per heavy atom. The van der Waals surface area contributed by atoms with E-state index in [1.165, 1.54) is 28.2 Å². The first kappa shape index (κ1) is 15.4. The fourth-order valence-corrected chi connectivity index (χ4v) is 4.08. The van der Waals surface area contributed by atoms with Crippen molar-refractivity contribution < 1.29 is 0 Å². The summed E-state index contributed by atoms with van der Waals surface area (Å²) >= 11 is 0. The molecule has 20 heavy (non-hydrogen) atoms. The molecule has 2 aliphatic carbocycles. The third-order valence-corrected chi connectivity index (χ3v) is 6.09. The van der Waals surface area contributed by atoms with E-state index in [1.807, 2.05) is 0 Å². The first-order valence-corrected chi connectivity index (χ1v) is 7.81. The molecule has 0 aromatic rings. The highest BCUT2D eigenvalue weighted by Gasteiger charge is 2.34. The van der Waals surface area contributed by atoms with E-state index in [4.69, 9.17) is 0 Å². The Kier molecular flexibility index (Phi) is 3.88. The van der Waals surface area contributed by atoms with Crippen molar-refractivity contribution in [3.05, 3.63) is 50.5 Å². The smallest absolute Gasteiger partial charge is 0.0244 e. The highest BCUT2D eigenvalue weighted by atomic mass is 14.4. The van der Waals surface area contributed by atoms with Crippen LogP contribution >= 0.6 is 0 Å². The van der Waals surface area contributed by atoms with Gasteiger partial charge in [-0.2, -0.15) is 0 Å². The SMILES string of the molecule is C[C](C1=C(C)C(C)=C(C)C1C)C1=C(C)C(C)=C(C)C1C. The normalized spacial score (nSPS) is 27.9. The molecule has 0 spiro atoms. The summed E-state index contributed by atoms with van der Waals surface area (Å²) in [5.41, 5.74) is 12.2. The first-order valence-electron chi connectivity index (χ1n) is 7.81. The molecule has 2 unspecified atom stereocenters. The molecule has 109 valence electrons. The van der Waals surface area contributed by atoms with Crippen molar-refractivity contribution in [1.82, 2.24) is 0 Å². The molecule has 0 saturated carbocycles. The summed E-state index contributed by atoms with van der Waals surface area (Å²) in [6.45, 7) is 20.8. The van der Waals surface area contributed by atoms with Crippen molar-refractivity contribution in [2.24, 2.45) is 11.8 Å². The Labute approximate surface area is 125 Å². The van der Waals surface area contributed by atoms with E-state index in [-0.39, 0.29) is 0 Å². The van der Waals surface area contributed by atoms with Gasteiger partial charge in [0.25, 0.3) is 0 Å². The van der Waals surface area contributed by atoms with Crippen LogP contribution in [0, 0.1) is 17.8 Å². The second-order valence-electron chi connectivity index (χ2n) is 6.76. The average Bonchev–Trinajstić information content (AvgIpc) is 2.71. The zero-order chi connectivity index (χ0) is 15.4. The van der Waals surface area contributed by atoms with Gasteiger partial charge in [-0.05, 0) is 86.8 Å². The zero-order valence-electron chi connectivity index (χ0n) is 14.7. The predicted molar refractivity (Wildman–Crippen MR) is 89.4 cm³/mol. The summed E-state index contributed by atoms with van der Waals surface area (Å²) in [6.07, 6.45) is 0. The topological polar surface area (TPSA) is 0 Å². The lowest BCUT2D eigenvalue weighted by Gasteiger charge is -2.25. The van der Waals surface area contributed by atoms with Crippen LogP contribution in [-0.2, 0) is 0 Å². The molecule has 0 amide bonds. The van der Waals surface area contributed by atoms with Gasteiger partial charge >= 0.3 is 0 Å². The minimum atomic E-state index is 0.573. The largest absolute Gasteiger partial charge is 0.0632 e. The van der Waals surface area contributed by atoms with E-state index in [0.717, 1.165) is 0 Å². The average molecular weight is 269 g/mol. The lowest BCUT2D eigenvalue weighted by atomic mass is 9.78. The maximum Gasteiger partial charge on any atom is 0.0244 e. The molecular weight excluding hydrogens is 240 g/mol. The van der Waals surface area contributed by atoms with Crippen molar-refractivity contribution in [2.75, 3.05) is 0 Å². The van der Waals surface area contributed by atoms with Gasteiger partial charge in [-0.25, -0.2) is 0 Å². The predicted octanol–water partition coefficient (Wildman–Crippen LogP) is 6.19. The summed E-state index contributed by atoms with van der Waals surface area (Å²) in [6, 6.07) is 0. The van der Waals surface area contributed by atoms with Crippen LogP contribution in [0.25, 0.3) is 0 Å². The molecule has 0 bridgehead atoms. The quantitative estimate of drug-likeness (QED) is 0.561. The summed E-state index contributed by atoms with van der Waals surface area (Å²) in [5.74, 6) is 2.67. The van der Waals surface area contributed by atoms with Crippen LogP contribution in [0.2, 0.25) is 0 Å². The lowest BCUT2D eigenvalue weighted by Crippen LogP contribution is -2.12. The van der Waals surface area contributed by atoms with Crippen molar-refractivity contribution in [3.8, 4) is 0 Å². The van der Waals surface area contributed by atoms with E-state index < -0.39 is 0 Å². The maximum atomic E-state index is 2.36. The molecule has 0 nitrogen and oxygen atoms in total. The van der Waals surface area contributed by atoms with Gasteiger partial charge in [0.1, 0.15) is 0 Å². The minimum Gasteiger partial charge on any atom is -0.0632 e. The van der Waals surface area contributed by atoms with Crippen LogP contribution in [0.15, 0.2) is 44.6 Å². The monoisotopic (exact) mass is 269 g/mol. The molecule has 2 rings (SSSR count). The van der Waals surface area contributed by atoms with Crippen LogP contribution in [0.3, 0.4) is 0 Å².